The van der Waals surface area contributed by atoms with E-state index in [2.05, 4.69) is 0 Å². The second-order valence-electron chi connectivity index (χ2n) is 4.78. The lowest BCUT2D eigenvalue weighted by Gasteiger charge is -2.08. The molecule has 1 aliphatic carbocycles. The summed E-state index contributed by atoms with van der Waals surface area (Å²) in [6, 6.07) is 7.14. The Balaban J connectivity index is 2.10. The highest BCUT2D eigenvalue weighted by Gasteiger charge is 2.37. The highest BCUT2D eigenvalue weighted by Crippen LogP contribution is 2.36. The fourth-order valence-electron chi connectivity index (χ4n) is 1.74. The van der Waals surface area contributed by atoms with Gasteiger partial charge in [0.25, 0.3) is 0 Å². The number of nitrogens with two attached hydrogens (primary N) is 1. The van der Waals surface area contributed by atoms with Crippen LogP contribution in [0.2, 0.25) is 0 Å². The van der Waals surface area contributed by atoms with Crippen molar-refractivity contribution in [2.45, 2.75) is 36.1 Å². The molecule has 4 heteroatoms. The minimum atomic E-state index is -3.09. The molecular weight excluding hydrogens is 222 g/mol. The number of hydrogen-bond acceptors (Lipinski definition) is 3. The van der Waals surface area contributed by atoms with Gasteiger partial charge in [0, 0.05) is 11.8 Å². The van der Waals surface area contributed by atoms with E-state index >= 15 is 0 Å². The molecule has 0 radical (unpaired) electrons. The van der Waals surface area contributed by atoms with Crippen molar-refractivity contribution in [3.05, 3.63) is 29.8 Å². The van der Waals surface area contributed by atoms with Gasteiger partial charge in [-0.3, -0.25) is 0 Å². The van der Waals surface area contributed by atoms with Crippen molar-refractivity contribution in [1.29, 1.82) is 0 Å². The van der Waals surface area contributed by atoms with Gasteiger partial charge >= 0.3 is 0 Å². The molecule has 3 nitrogen and oxygen atoms in total. The van der Waals surface area contributed by atoms with E-state index in [0.29, 0.717) is 4.90 Å². The van der Waals surface area contributed by atoms with Gasteiger partial charge in [0.15, 0.2) is 9.84 Å². The van der Waals surface area contributed by atoms with Crippen molar-refractivity contribution in [1.82, 2.24) is 0 Å². The van der Waals surface area contributed by atoms with Crippen LogP contribution < -0.4 is 5.73 Å². The summed E-state index contributed by atoms with van der Waals surface area (Å²) < 4.78 is 22.7. The molecule has 0 atom stereocenters. The maximum atomic E-state index is 11.4. The first kappa shape index (κ1) is 11.6. The first-order valence-corrected chi connectivity index (χ1v) is 7.36. The summed E-state index contributed by atoms with van der Waals surface area (Å²) >= 11 is 0. The molecule has 2 N–H and O–H groups in total. The van der Waals surface area contributed by atoms with Crippen molar-refractivity contribution >= 4 is 9.84 Å². The Morgan fingerprint density at radius 3 is 2.62 bits per heavy atom. The van der Waals surface area contributed by atoms with Crippen LogP contribution in [0, 0.1) is 0 Å². The van der Waals surface area contributed by atoms with Crippen LogP contribution in [0.25, 0.3) is 0 Å². The number of aryl methyl sites for hydroxylation is 1. The number of benzene rings is 1. The minimum absolute atomic E-state index is 0.0289. The van der Waals surface area contributed by atoms with Crippen molar-refractivity contribution in [2.24, 2.45) is 5.73 Å². The van der Waals surface area contributed by atoms with Crippen LogP contribution in [0.5, 0.6) is 0 Å². The Labute approximate surface area is 96.6 Å². The predicted octanol–water partition coefficient (Wildman–Crippen LogP) is 1.51. The summed E-state index contributed by atoms with van der Waals surface area (Å²) in [4.78, 5) is 0.395. The zero-order valence-electron chi connectivity index (χ0n) is 9.44. The van der Waals surface area contributed by atoms with E-state index < -0.39 is 9.84 Å². The predicted molar refractivity (Wildman–Crippen MR) is 64.0 cm³/mol. The molecule has 0 aromatic heterocycles. The Morgan fingerprint density at radius 2 is 2.06 bits per heavy atom. The molecule has 0 amide bonds. The van der Waals surface area contributed by atoms with Crippen LogP contribution >= 0.6 is 0 Å². The minimum Gasteiger partial charge on any atom is -0.325 e. The van der Waals surface area contributed by atoms with Gasteiger partial charge < -0.3 is 5.73 Å². The van der Waals surface area contributed by atoms with Crippen LogP contribution in [-0.4, -0.2) is 20.2 Å². The lowest BCUT2D eigenvalue weighted by molar-refractivity contribution is 0.600. The zero-order chi connectivity index (χ0) is 11.8. The van der Waals surface area contributed by atoms with Crippen molar-refractivity contribution in [3.63, 3.8) is 0 Å². The summed E-state index contributed by atoms with van der Waals surface area (Å²) in [5, 5.41) is 0. The highest BCUT2D eigenvalue weighted by molar-refractivity contribution is 7.90. The molecule has 1 aromatic rings. The van der Waals surface area contributed by atoms with Gasteiger partial charge in [0.05, 0.1) is 4.90 Å². The van der Waals surface area contributed by atoms with Crippen molar-refractivity contribution in [3.8, 4) is 0 Å². The smallest absolute Gasteiger partial charge is 0.175 e. The third-order valence-electron chi connectivity index (χ3n) is 3.13. The maximum absolute atomic E-state index is 11.4. The van der Waals surface area contributed by atoms with Crippen LogP contribution in [0.4, 0.5) is 0 Å². The summed E-state index contributed by atoms with van der Waals surface area (Å²) in [7, 11) is -3.09. The first-order valence-electron chi connectivity index (χ1n) is 5.47. The number of rotatable bonds is 4. The quantitative estimate of drug-likeness (QED) is 0.866. The van der Waals surface area contributed by atoms with Crippen LogP contribution in [0.15, 0.2) is 29.2 Å². The third-order valence-corrected chi connectivity index (χ3v) is 4.24. The van der Waals surface area contributed by atoms with Gasteiger partial charge in [-0.05, 0) is 43.4 Å². The van der Waals surface area contributed by atoms with E-state index in [9.17, 15) is 8.42 Å². The topological polar surface area (TPSA) is 60.2 Å². The lowest BCUT2D eigenvalue weighted by Crippen LogP contribution is -2.22. The maximum Gasteiger partial charge on any atom is 0.175 e. The molecule has 2 rings (SSSR count). The van der Waals surface area contributed by atoms with Crippen molar-refractivity contribution < 1.29 is 8.42 Å². The van der Waals surface area contributed by atoms with Gasteiger partial charge in [-0.25, -0.2) is 8.42 Å². The highest BCUT2D eigenvalue weighted by atomic mass is 32.2. The largest absolute Gasteiger partial charge is 0.325 e. The Kier molecular flexibility index (Phi) is 2.80. The molecule has 16 heavy (non-hydrogen) atoms. The van der Waals surface area contributed by atoms with Gasteiger partial charge in [-0.2, -0.15) is 0 Å². The summed E-state index contributed by atoms with van der Waals surface area (Å²) in [5.74, 6) is 0. The molecular formula is C12H17NO2S. The van der Waals surface area contributed by atoms with Gasteiger partial charge in [-0.15, -0.1) is 0 Å². The van der Waals surface area contributed by atoms with Gasteiger partial charge in [0.1, 0.15) is 0 Å². The molecule has 0 unspecified atom stereocenters. The SMILES string of the molecule is CS(=O)(=O)c1cccc(CCC2(N)CC2)c1. The van der Waals surface area contributed by atoms with E-state index in [0.717, 1.165) is 31.2 Å². The van der Waals surface area contributed by atoms with Crippen LogP contribution in [0.1, 0.15) is 24.8 Å². The molecule has 1 saturated carbocycles. The fourth-order valence-corrected chi connectivity index (χ4v) is 2.43. The van der Waals surface area contributed by atoms with E-state index in [1.807, 2.05) is 6.07 Å². The molecule has 0 saturated heterocycles. The van der Waals surface area contributed by atoms with Gasteiger partial charge in [-0.1, -0.05) is 12.1 Å². The Hall–Kier alpha value is -0.870. The fraction of sp³-hybridized carbons (Fsp3) is 0.500. The third kappa shape index (κ3) is 2.83. The van der Waals surface area contributed by atoms with Crippen LogP contribution in [-0.2, 0) is 16.3 Å². The zero-order valence-corrected chi connectivity index (χ0v) is 10.3. The number of sulfone groups is 1. The molecule has 88 valence electrons. The number of hydrogen-bond donors (Lipinski definition) is 1. The Morgan fingerprint density at radius 1 is 1.38 bits per heavy atom. The van der Waals surface area contributed by atoms with E-state index in [4.69, 9.17) is 5.73 Å². The lowest BCUT2D eigenvalue weighted by atomic mass is 10.0. The van der Waals surface area contributed by atoms with E-state index in [1.54, 1.807) is 18.2 Å². The molecule has 0 heterocycles. The monoisotopic (exact) mass is 239 g/mol. The standard InChI is InChI=1S/C12H17NO2S/c1-16(14,15)11-4-2-3-10(9-11)5-6-12(13)7-8-12/h2-4,9H,5-8,13H2,1H3. The summed E-state index contributed by atoms with van der Waals surface area (Å²) in [6.45, 7) is 0. The molecule has 0 aliphatic heterocycles. The molecule has 1 aliphatic rings. The van der Waals surface area contributed by atoms with E-state index in [1.165, 1.54) is 6.26 Å². The second-order valence-corrected chi connectivity index (χ2v) is 6.80. The van der Waals surface area contributed by atoms with Crippen LogP contribution in [0.3, 0.4) is 0 Å². The summed E-state index contributed by atoms with van der Waals surface area (Å²) in [6.07, 6.45) is 5.23. The average molecular weight is 239 g/mol. The molecule has 0 spiro atoms. The molecule has 1 fully saturated rings. The van der Waals surface area contributed by atoms with Gasteiger partial charge in [0.2, 0.25) is 0 Å². The normalized spacial score (nSPS) is 18.4. The summed E-state index contributed by atoms with van der Waals surface area (Å²) in [5.41, 5.74) is 7.08. The first-order chi connectivity index (χ1) is 7.39. The average Bonchev–Trinajstić information content (AvgIpc) is 2.94. The van der Waals surface area contributed by atoms with E-state index in [-0.39, 0.29) is 5.54 Å². The molecule has 0 bridgehead atoms. The molecule has 1 aromatic carbocycles. The second kappa shape index (κ2) is 3.86. The Bertz CT molecular complexity index is 489. The van der Waals surface area contributed by atoms with Crippen molar-refractivity contribution in [2.75, 3.05) is 6.26 Å².